The zero-order chi connectivity index (χ0) is 15.9. The van der Waals surface area contributed by atoms with Crippen LogP contribution in [0.15, 0.2) is 30.5 Å². The van der Waals surface area contributed by atoms with Gasteiger partial charge in [0.05, 0.1) is 6.04 Å². The molecule has 0 bridgehead atoms. The fraction of sp³-hybridized carbons (Fsp3) is 0.333. The molecule has 118 valence electrons. The zero-order valence-electron chi connectivity index (χ0n) is 12.2. The lowest BCUT2D eigenvalue weighted by molar-refractivity contribution is -0.117. The molecule has 2 rings (SSSR count). The van der Waals surface area contributed by atoms with Crippen LogP contribution in [0.1, 0.15) is 16.9 Å². The lowest BCUT2D eigenvalue weighted by atomic mass is 10.1. The molecular formula is C15H18FN3OS2. The summed E-state index contributed by atoms with van der Waals surface area (Å²) in [5, 5.41) is 3.21. The second kappa shape index (κ2) is 8.26. The summed E-state index contributed by atoms with van der Waals surface area (Å²) in [5.41, 5.74) is 6.42. The Morgan fingerprint density at radius 3 is 3.00 bits per heavy atom. The average molecular weight is 339 g/mol. The Morgan fingerprint density at radius 1 is 1.50 bits per heavy atom. The number of benzene rings is 1. The molecule has 1 aromatic carbocycles. The van der Waals surface area contributed by atoms with Crippen molar-refractivity contribution in [2.24, 2.45) is 5.73 Å². The van der Waals surface area contributed by atoms with Gasteiger partial charge in [0.15, 0.2) is 5.13 Å². The van der Waals surface area contributed by atoms with Gasteiger partial charge in [-0.1, -0.05) is 18.2 Å². The summed E-state index contributed by atoms with van der Waals surface area (Å²) in [6.07, 6.45) is 4.71. The van der Waals surface area contributed by atoms with Crippen molar-refractivity contribution < 1.29 is 9.18 Å². The van der Waals surface area contributed by atoms with Crippen LogP contribution in [-0.2, 0) is 11.2 Å². The average Bonchev–Trinajstić information content (AvgIpc) is 2.94. The number of aromatic nitrogens is 1. The number of thiazole rings is 1. The van der Waals surface area contributed by atoms with Gasteiger partial charge in [0.25, 0.3) is 0 Å². The number of rotatable bonds is 7. The third-order valence-corrected chi connectivity index (χ3v) is 4.63. The molecule has 0 fully saturated rings. The number of hydrogen-bond acceptors (Lipinski definition) is 5. The second-order valence-electron chi connectivity index (χ2n) is 4.78. The van der Waals surface area contributed by atoms with E-state index in [2.05, 4.69) is 10.3 Å². The Labute approximate surface area is 137 Å². The molecule has 0 aliphatic rings. The first-order valence-electron chi connectivity index (χ1n) is 6.83. The van der Waals surface area contributed by atoms with Gasteiger partial charge in [-0.2, -0.15) is 11.8 Å². The van der Waals surface area contributed by atoms with E-state index in [1.807, 2.05) is 6.26 Å². The van der Waals surface area contributed by atoms with Crippen LogP contribution in [-0.4, -0.2) is 28.9 Å². The van der Waals surface area contributed by atoms with Crippen LogP contribution >= 0.6 is 23.1 Å². The largest absolute Gasteiger partial charge is 0.320 e. The first kappa shape index (κ1) is 16.9. The van der Waals surface area contributed by atoms with E-state index in [1.165, 1.54) is 17.4 Å². The predicted molar refractivity (Wildman–Crippen MR) is 90.9 cm³/mol. The molecule has 0 saturated carbocycles. The SMILES string of the molecule is CSCC[C@H](N)C(=O)Nc1ncc(Cc2ccccc2F)s1. The van der Waals surface area contributed by atoms with Crippen LogP contribution in [0.3, 0.4) is 0 Å². The van der Waals surface area contributed by atoms with Crippen LogP contribution in [0.5, 0.6) is 0 Å². The highest BCUT2D eigenvalue weighted by Gasteiger charge is 2.15. The summed E-state index contributed by atoms with van der Waals surface area (Å²) in [4.78, 5) is 16.9. The fourth-order valence-corrected chi connectivity index (χ4v) is 3.18. The number of nitrogens with zero attached hydrogens (tertiary/aromatic N) is 1. The molecule has 1 aromatic heterocycles. The van der Waals surface area contributed by atoms with Gasteiger partial charge in [-0.05, 0) is 30.1 Å². The third-order valence-electron chi connectivity index (χ3n) is 3.08. The first-order valence-corrected chi connectivity index (χ1v) is 9.04. The van der Waals surface area contributed by atoms with Crippen molar-refractivity contribution in [2.45, 2.75) is 18.9 Å². The lowest BCUT2D eigenvalue weighted by Crippen LogP contribution is -2.36. The van der Waals surface area contributed by atoms with E-state index in [9.17, 15) is 9.18 Å². The lowest BCUT2D eigenvalue weighted by Gasteiger charge is -2.09. The summed E-state index contributed by atoms with van der Waals surface area (Å²) in [6, 6.07) is 6.10. The van der Waals surface area contributed by atoms with Crippen molar-refractivity contribution in [3.05, 3.63) is 46.7 Å². The Kier molecular flexibility index (Phi) is 6.35. The molecule has 7 heteroatoms. The Bertz CT molecular complexity index is 633. The van der Waals surface area contributed by atoms with Crippen LogP contribution in [0.4, 0.5) is 9.52 Å². The van der Waals surface area contributed by atoms with E-state index in [0.29, 0.717) is 23.5 Å². The highest BCUT2D eigenvalue weighted by molar-refractivity contribution is 7.98. The third kappa shape index (κ3) is 4.79. The van der Waals surface area contributed by atoms with E-state index in [-0.39, 0.29) is 11.7 Å². The number of halogens is 1. The molecular weight excluding hydrogens is 321 g/mol. The molecule has 0 radical (unpaired) electrons. The molecule has 2 aromatic rings. The molecule has 0 aliphatic carbocycles. The summed E-state index contributed by atoms with van der Waals surface area (Å²) in [5.74, 6) is 0.367. The minimum absolute atomic E-state index is 0.235. The van der Waals surface area contributed by atoms with Crippen LogP contribution in [0.25, 0.3) is 0 Å². The predicted octanol–water partition coefficient (Wildman–Crippen LogP) is 2.89. The maximum atomic E-state index is 13.6. The van der Waals surface area contributed by atoms with Crippen molar-refractivity contribution >= 4 is 34.1 Å². The molecule has 0 unspecified atom stereocenters. The molecule has 1 amide bonds. The first-order chi connectivity index (χ1) is 10.6. The molecule has 0 aliphatic heterocycles. The highest BCUT2D eigenvalue weighted by Crippen LogP contribution is 2.22. The van der Waals surface area contributed by atoms with Crippen LogP contribution in [0, 0.1) is 5.82 Å². The van der Waals surface area contributed by atoms with Crippen LogP contribution < -0.4 is 11.1 Å². The van der Waals surface area contributed by atoms with Gasteiger partial charge in [-0.25, -0.2) is 9.37 Å². The van der Waals surface area contributed by atoms with Gasteiger partial charge in [-0.3, -0.25) is 4.79 Å². The number of nitrogens with one attached hydrogen (secondary N) is 1. The normalized spacial score (nSPS) is 12.1. The quantitative estimate of drug-likeness (QED) is 0.814. The minimum Gasteiger partial charge on any atom is -0.320 e. The molecule has 0 saturated heterocycles. The van der Waals surface area contributed by atoms with Crippen molar-refractivity contribution in [3.63, 3.8) is 0 Å². The van der Waals surface area contributed by atoms with Crippen molar-refractivity contribution in [1.82, 2.24) is 4.98 Å². The molecule has 4 nitrogen and oxygen atoms in total. The molecule has 1 atom stereocenters. The number of amides is 1. The number of carbonyl (C=O) groups excluding carboxylic acids is 1. The summed E-state index contributed by atoms with van der Waals surface area (Å²) >= 11 is 2.99. The van der Waals surface area contributed by atoms with E-state index in [0.717, 1.165) is 10.6 Å². The second-order valence-corrected chi connectivity index (χ2v) is 6.88. The van der Waals surface area contributed by atoms with Gasteiger partial charge in [0, 0.05) is 17.5 Å². The van der Waals surface area contributed by atoms with Crippen molar-refractivity contribution in [1.29, 1.82) is 0 Å². The Hall–Kier alpha value is -1.44. The van der Waals surface area contributed by atoms with Crippen LogP contribution in [0.2, 0.25) is 0 Å². The maximum Gasteiger partial charge on any atom is 0.243 e. The van der Waals surface area contributed by atoms with Crippen molar-refractivity contribution in [3.8, 4) is 0 Å². The number of thioether (sulfide) groups is 1. The number of nitrogens with two attached hydrogens (primary N) is 1. The highest BCUT2D eigenvalue weighted by atomic mass is 32.2. The van der Waals surface area contributed by atoms with E-state index >= 15 is 0 Å². The zero-order valence-corrected chi connectivity index (χ0v) is 13.8. The van der Waals surface area contributed by atoms with Gasteiger partial charge in [0.1, 0.15) is 5.82 Å². The monoisotopic (exact) mass is 339 g/mol. The van der Waals surface area contributed by atoms with Gasteiger partial charge < -0.3 is 11.1 Å². The maximum absolute atomic E-state index is 13.6. The summed E-state index contributed by atoms with van der Waals surface area (Å²) in [7, 11) is 0. The fourth-order valence-electron chi connectivity index (χ4n) is 1.85. The molecule has 3 N–H and O–H groups in total. The van der Waals surface area contributed by atoms with Crippen molar-refractivity contribution in [2.75, 3.05) is 17.3 Å². The smallest absolute Gasteiger partial charge is 0.243 e. The van der Waals surface area contributed by atoms with E-state index < -0.39 is 6.04 Å². The summed E-state index contributed by atoms with van der Waals surface area (Å²) < 4.78 is 13.6. The molecule has 1 heterocycles. The van der Waals surface area contributed by atoms with Gasteiger partial charge >= 0.3 is 0 Å². The minimum atomic E-state index is -0.536. The topological polar surface area (TPSA) is 68.0 Å². The number of anilines is 1. The molecule has 0 spiro atoms. The van der Waals surface area contributed by atoms with Gasteiger partial charge in [0.2, 0.25) is 5.91 Å². The van der Waals surface area contributed by atoms with E-state index in [4.69, 9.17) is 5.73 Å². The Balaban J connectivity index is 1.94. The molecule has 22 heavy (non-hydrogen) atoms. The van der Waals surface area contributed by atoms with Gasteiger partial charge in [-0.15, -0.1) is 11.3 Å². The number of hydrogen-bond donors (Lipinski definition) is 2. The standard InChI is InChI=1S/C15H18FN3OS2/c1-21-7-6-13(17)14(20)19-15-18-9-11(22-15)8-10-4-2-3-5-12(10)16/h2-5,9,13H,6-8,17H2,1H3,(H,18,19,20)/t13-/m0/s1. The number of carbonyl (C=O) groups is 1. The summed E-state index contributed by atoms with van der Waals surface area (Å²) in [6.45, 7) is 0. The Morgan fingerprint density at radius 2 is 2.27 bits per heavy atom. The van der Waals surface area contributed by atoms with E-state index in [1.54, 1.807) is 36.2 Å².